The Morgan fingerprint density at radius 3 is 1.87 bits per heavy atom. The Labute approximate surface area is 233 Å². The third-order valence-electron chi connectivity index (χ3n) is 6.19. The van der Waals surface area contributed by atoms with Gasteiger partial charge in [0.15, 0.2) is 0 Å². The molecule has 6 heteroatoms. The summed E-state index contributed by atoms with van der Waals surface area (Å²) in [5.41, 5.74) is 3.70. The van der Waals surface area contributed by atoms with Crippen molar-refractivity contribution in [1.29, 1.82) is 0 Å². The number of pyridine rings is 2. The third-order valence-corrected chi connectivity index (χ3v) is 6.44. The van der Waals surface area contributed by atoms with E-state index in [1.54, 1.807) is 0 Å². The SMILES string of the molecule is CN(C)CCC(c1ccc(Cl)cc1)c1ccccn1.CN(C)CCN(Cc1ccccc1)c1ccccn1. The third kappa shape index (κ3) is 10.3. The molecule has 0 spiro atoms. The van der Waals surface area contributed by atoms with Gasteiger partial charge in [-0.15, -0.1) is 0 Å². The van der Waals surface area contributed by atoms with Crippen molar-refractivity contribution < 1.29 is 0 Å². The van der Waals surface area contributed by atoms with E-state index < -0.39 is 0 Å². The Balaban J connectivity index is 0.000000211. The Bertz CT molecular complexity index is 1150. The lowest BCUT2D eigenvalue weighted by molar-refractivity contribution is 0.389. The minimum atomic E-state index is 0.320. The fraction of sp³-hybridized carbons (Fsp3) is 0.312. The number of hydrogen-bond donors (Lipinski definition) is 0. The lowest BCUT2D eigenvalue weighted by Gasteiger charge is -2.25. The van der Waals surface area contributed by atoms with Crippen molar-refractivity contribution in [3.8, 4) is 0 Å². The zero-order valence-electron chi connectivity index (χ0n) is 23.0. The molecule has 0 saturated heterocycles. The van der Waals surface area contributed by atoms with Gasteiger partial charge in [-0.3, -0.25) is 4.98 Å². The molecule has 1 atom stereocenters. The summed E-state index contributed by atoms with van der Waals surface area (Å²) in [4.78, 5) is 15.7. The molecule has 4 rings (SSSR count). The maximum atomic E-state index is 5.97. The predicted octanol–water partition coefficient (Wildman–Crippen LogP) is 6.47. The first-order valence-corrected chi connectivity index (χ1v) is 13.5. The molecule has 2 aromatic carbocycles. The zero-order chi connectivity index (χ0) is 27.2. The molecule has 0 bridgehead atoms. The second-order valence-electron chi connectivity index (χ2n) is 9.85. The number of benzene rings is 2. The highest BCUT2D eigenvalue weighted by molar-refractivity contribution is 6.30. The molecule has 0 saturated carbocycles. The van der Waals surface area contributed by atoms with Crippen molar-refractivity contribution in [3.05, 3.63) is 125 Å². The number of rotatable bonds is 11. The second-order valence-corrected chi connectivity index (χ2v) is 10.3. The van der Waals surface area contributed by atoms with Crippen LogP contribution in [0.4, 0.5) is 5.82 Å². The van der Waals surface area contributed by atoms with Gasteiger partial charge < -0.3 is 14.7 Å². The van der Waals surface area contributed by atoms with Gasteiger partial charge in [0, 0.05) is 48.7 Å². The summed E-state index contributed by atoms with van der Waals surface area (Å²) in [6.45, 7) is 3.91. The molecule has 0 radical (unpaired) electrons. The maximum absolute atomic E-state index is 5.97. The Hall–Kier alpha value is -3.25. The number of halogens is 1. The minimum Gasteiger partial charge on any atom is -0.351 e. The lowest BCUT2D eigenvalue weighted by Crippen LogP contribution is -2.31. The molecule has 0 N–H and O–H groups in total. The van der Waals surface area contributed by atoms with E-state index in [4.69, 9.17) is 11.6 Å². The van der Waals surface area contributed by atoms with Crippen LogP contribution < -0.4 is 4.90 Å². The van der Waals surface area contributed by atoms with Gasteiger partial charge in [0.25, 0.3) is 0 Å². The first-order valence-electron chi connectivity index (χ1n) is 13.1. The Morgan fingerprint density at radius 2 is 1.29 bits per heavy atom. The normalized spacial score (nSPS) is 11.7. The summed E-state index contributed by atoms with van der Waals surface area (Å²) >= 11 is 5.97. The number of hydrogen-bond acceptors (Lipinski definition) is 5. The molecular weight excluding hydrogens is 490 g/mol. The van der Waals surface area contributed by atoms with Crippen LogP contribution in [0.3, 0.4) is 0 Å². The molecule has 5 nitrogen and oxygen atoms in total. The zero-order valence-corrected chi connectivity index (χ0v) is 23.8. The van der Waals surface area contributed by atoms with Crippen molar-refractivity contribution in [2.45, 2.75) is 18.9 Å². The fourth-order valence-corrected chi connectivity index (χ4v) is 4.22. The van der Waals surface area contributed by atoms with Crippen LogP contribution in [0.2, 0.25) is 5.02 Å². The highest BCUT2D eigenvalue weighted by Gasteiger charge is 2.15. The van der Waals surface area contributed by atoms with Gasteiger partial charge in [0.1, 0.15) is 5.82 Å². The standard InChI is InChI=1S/C16H19ClN2.C16H21N3/c1-19(2)12-10-15(16-5-3-4-11-18-16)13-6-8-14(17)9-7-13;1-18(2)12-13-19(16-10-6-7-11-17-16)14-15-8-4-3-5-9-15/h3-9,11,15H,10,12H2,1-2H3;3-11H,12-14H2,1-2H3. The van der Waals surface area contributed by atoms with Crippen LogP contribution >= 0.6 is 11.6 Å². The molecule has 0 amide bonds. The van der Waals surface area contributed by atoms with Gasteiger partial charge >= 0.3 is 0 Å². The van der Waals surface area contributed by atoms with Crippen LogP contribution in [0.1, 0.15) is 29.2 Å². The molecule has 0 aliphatic carbocycles. The molecule has 200 valence electrons. The smallest absolute Gasteiger partial charge is 0.128 e. The molecule has 38 heavy (non-hydrogen) atoms. The first-order chi connectivity index (χ1) is 18.4. The van der Waals surface area contributed by atoms with E-state index in [0.29, 0.717) is 5.92 Å². The molecular formula is C32H40ClN5. The minimum absolute atomic E-state index is 0.320. The quantitative estimate of drug-likeness (QED) is 0.222. The van der Waals surface area contributed by atoms with Gasteiger partial charge in [0.05, 0.1) is 0 Å². The highest BCUT2D eigenvalue weighted by atomic mass is 35.5. The maximum Gasteiger partial charge on any atom is 0.128 e. The van der Waals surface area contributed by atoms with Gasteiger partial charge in [-0.05, 0) is 88.7 Å². The van der Waals surface area contributed by atoms with E-state index >= 15 is 0 Å². The largest absolute Gasteiger partial charge is 0.351 e. The monoisotopic (exact) mass is 529 g/mol. The fourth-order valence-electron chi connectivity index (χ4n) is 4.09. The predicted molar refractivity (Wildman–Crippen MR) is 161 cm³/mol. The van der Waals surface area contributed by atoms with Crippen LogP contribution in [0, 0.1) is 0 Å². The van der Waals surface area contributed by atoms with E-state index in [1.165, 1.54) is 11.1 Å². The van der Waals surface area contributed by atoms with Crippen molar-refractivity contribution in [2.24, 2.45) is 0 Å². The molecule has 2 aromatic heterocycles. The van der Waals surface area contributed by atoms with Gasteiger partial charge in [-0.1, -0.05) is 66.2 Å². The number of likely N-dealkylation sites (N-methyl/N-ethyl adjacent to an activating group) is 1. The van der Waals surface area contributed by atoms with Crippen LogP contribution in [0.15, 0.2) is 103 Å². The number of aromatic nitrogens is 2. The summed E-state index contributed by atoms with van der Waals surface area (Å²) in [6.07, 6.45) is 4.75. The van der Waals surface area contributed by atoms with E-state index in [1.807, 2.05) is 48.8 Å². The molecule has 0 aliphatic heterocycles. The molecule has 4 aromatic rings. The van der Waals surface area contributed by atoms with E-state index in [9.17, 15) is 0 Å². The number of anilines is 1. The Morgan fingerprint density at radius 1 is 0.658 bits per heavy atom. The van der Waals surface area contributed by atoms with E-state index in [0.717, 1.165) is 49.1 Å². The van der Waals surface area contributed by atoms with Crippen LogP contribution in [-0.4, -0.2) is 67.6 Å². The molecule has 0 aliphatic rings. The summed E-state index contributed by atoms with van der Waals surface area (Å²) in [7, 11) is 8.38. The van der Waals surface area contributed by atoms with Crippen molar-refractivity contribution in [3.63, 3.8) is 0 Å². The summed E-state index contributed by atoms with van der Waals surface area (Å²) < 4.78 is 0. The average Bonchev–Trinajstić information content (AvgIpc) is 2.94. The highest BCUT2D eigenvalue weighted by Crippen LogP contribution is 2.27. The van der Waals surface area contributed by atoms with Crippen LogP contribution in [0.5, 0.6) is 0 Å². The van der Waals surface area contributed by atoms with Crippen molar-refractivity contribution in [1.82, 2.24) is 19.8 Å². The molecule has 2 heterocycles. The average molecular weight is 530 g/mol. The van der Waals surface area contributed by atoms with Gasteiger partial charge in [-0.25, -0.2) is 4.98 Å². The second kappa shape index (κ2) is 15.9. The Kier molecular flexibility index (Phi) is 12.2. The van der Waals surface area contributed by atoms with Crippen LogP contribution in [-0.2, 0) is 6.54 Å². The summed E-state index contributed by atoms with van der Waals surface area (Å²) in [5.74, 6) is 1.36. The van der Waals surface area contributed by atoms with Crippen molar-refractivity contribution in [2.75, 3.05) is 52.7 Å². The molecule has 0 fully saturated rings. The topological polar surface area (TPSA) is 35.5 Å². The van der Waals surface area contributed by atoms with E-state index in [2.05, 4.69) is 107 Å². The summed E-state index contributed by atoms with van der Waals surface area (Å²) in [5, 5.41) is 0.774. The summed E-state index contributed by atoms with van der Waals surface area (Å²) in [6, 6.07) is 30.8. The van der Waals surface area contributed by atoms with E-state index in [-0.39, 0.29) is 0 Å². The van der Waals surface area contributed by atoms with Gasteiger partial charge in [0.2, 0.25) is 0 Å². The van der Waals surface area contributed by atoms with Crippen LogP contribution in [0.25, 0.3) is 0 Å². The molecule has 1 unspecified atom stereocenters. The lowest BCUT2D eigenvalue weighted by atomic mass is 9.92. The first kappa shape index (κ1) is 29.3. The number of nitrogens with zero attached hydrogens (tertiary/aromatic N) is 5. The van der Waals surface area contributed by atoms with Gasteiger partial charge in [-0.2, -0.15) is 0 Å². The van der Waals surface area contributed by atoms with Crippen molar-refractivity contribution >= 4 is 17.4 Å².